The molecule has 0 aromatic heterocycles. The topological polar surface area (TPSA) is 0 Å². The molecular weight excluding hydrogens is 392 g/mol. The van der Waals surface area contributed by atoms with Gasteiger partial charge >= 0.3 is 0 Å². The monoisotopic (exact) mass is 434 g/mol. The Morgan fingerprint density at radius 2 is 1.23 bits per heavy atom. The zero-order valence-electron chi connectivity index (χ0n) is 19.3. The number of benzene rings is 1. The summed E-state index contributed by atoms with van der Waals surface area (Å²) in [6.45, 7) is 0. The summed E-state index contributed by atoms with van der Waals surface area (Å²) in [6.07, 6.45) is 23.5. The lowest BCUT2D eigenvalue weighted by atomic mass is 9.61. The van der Waals surface area contributed by atoms with Crippen LogP contribution < -0.4 is 0 Å². The molecule has 0 spiro atoms. The van der Waals surface area contributed by atoms with Gasteiger partial charge in [-0.15, -0.1) is 0 Å². The first-order valence-corrected chi connectivity index (χ1v) is 14.7. The van der Waals surface area contributed by atoms with Crippen LogP contribution in [0.25, 0.3) is 0 Å². The normalized spacial score (nSPS) is 45.1. The Balaban J connectivity index is 1.02. The van der Waals surface area contributed by atoms with E-state index in [1.165, 1.54) is 43.4 Å². The van der Waals surface area contributed by atoms with Crippen molar-refractivity contribution in [3.63, 3.8) is 0 Å². The average Bonchev–Trinajstić information content (AvgIpc) is 3.32. The molecule has 1 aromatic rings. The second kappa shape index (κ2) is 9.28. The second-order valence-electron chi connectivity index (χ2n) is 11.8. The number of thioether (sulfide) groups is 1. The predicted octanol–water partition coefficient (Wildman–Crippen LogP) is 8.49. The lowest BCUT2D eigenvalue weighted by Crippen LogP contribution is -2.34. The molecule has 1 saturated heterocycles. The van der Waals surface area contributed by atoms with Crippen LogP contribution in [-0.4, -0.2) is 11.0 Å². The van der Waals surface area contributed by atoms with Crippen LogP contribution in [0.4, 0.5) is 0 Å². The molecule has 7 unspecified atom stereocenters. The number of allylic oxidation sites excluding steroid dienone is 2. The van der Waals surface area contributed by atoms with Crippen molar-refractivity contribution in [1.29, 1.82) is 0 Å². The van der Waals surface area contributed by atoms with Crippen molar-refractivity contribution in [2.45, 2.75) is 88.2 Å². The Hall–Kier alpha value is -0.690. The summed E-state index contributed by atoms with van der Waals surface area (Å²) < 4.78 is 0. The lowest BCUT2D eigenvalue weighted by Gasteiger charge is -2.45. The van der Waals surface area contributed by atoms with Crippen LogP contribution in [0.1, 0.15) is 88.5 Å². The second-order valence-corrected chi connectivity index (χ2v) is 13.2. The maximum absolute atomic E-state index is 2.61. The standard InChI is InChI=1S/C30H42S/c1-2-4-21(5-3-1)25-12-10-24-11-13-26(20-29(24)19-25)22-6-8-23(9-7-22)27-14-15-30-28(18-27)16-17-31-30/h1-5,10,12,22-30H,6-9,11,13-20H2. The van der Waals surface area contributed by atoms with Crippen molar-refractivity contribution >= 4 is 11.8 Å². The Bertz CT molecular complexity index is 745. The predicted molar refractivity (Wildman–Crippen MR) is 134 cm³/mol. The average molecular weight is 435 g/mol. The molecule has 4 aliphatic carbocycles. The van der Waals surface area contributed by atoms with E-state index in [2.05, 4.69) is 54.2 Å². The molecule has 1 heteroatoms. The molecule has 1 aliphatic heterocycles. The third-order valence-electron chi connectivity index (χ3n) is 10.4. The quantitative estimate of drug-likeness (QED) is 0.430. The van der Waals surface area contributed by atoms with E-state index >= 15 is 0 Å². The van der Waals surface area contributed by atoms with Gasteiger partial charge in [-0.25, -0.2) is 0 Å². The number of hydrogen-bond donors (Lipinski definition) is 0. The van der Waals surface area contributed by atoms with E-state index in [0.29, 0.717) is 5.92 Å². The van der Waals surface area contributed by atoms with Gasteiger partial charge in [0.25, 0.3) is 0 Å². The van der Waals surface area contributed by atoms with Crippen LogP contribution in [0.3, 0.4) is 0 Å². The molecule has 6 rings (SSSR count). The van der Waals surface area contributed by atoms with E-state index in [-0.39, 0.29) is 0 Å². The van der Waals surface area contributed by atoms with E-state index in [1.807, 2.05) is 0 Å². The molecule has 1 aromatic carbocycles. The Labute approximate surface area is 195 Å². The molecule has 3 saturated carbocycles. The highest BCUT2D eigenvalue weighted by molar-refractivity contribution is 8.00. The third-order valence-corrected chi connectivity index (χ3v) is 11.9. The summed E-state index contributed by atoms with van der Waals surface area (Å²) in [5, 5.41) is 1.05. The van der Waals surface area contributed by atoms with Crippen molar-refractivity contribution in [1.82, 2.24) is 0 Å². The maximum Gasteiger partial charge on any atom is 0.00758 e. The van der Waals surface area contributed by atoms with Gasteiger partial charge in [0.2, 0.25) is 0 Å². The largest absolute Gasteiger partial charge is 0.158 e. The summed E-state index contributed by atoms with van der Waals surface area (Å²) in [7, 11) is 0. The molecule has 0 N–H and O–H groups in total. The molecule has 31 heavy (non-hydrogen) atoms. The fourth-order valence-electron chi connectivity index (χ4n) is 8.59. The van der Waals surface area contributed by atoms with E-state index in [1.54, 1.807) is 44.9 Å². The van der Waals surface area contributed by atoms with Gasteiger partial charge in [0.05, 0.1) is 0 Å². The Morgan fingerprint density at radius 3 is 2.00 bits per heavy atom. The summed E-state index contributed by atoms with van der Waals surface area (Å²) in [4.78, 5) is 0. The van der Waals surface area contributed by atoms with Gasteiger partial charge in [0, 0.05) is 11.2 Å². The minimum Gasteiger partial charge on any atom is -0.158 e. The fraction of sp³-hybridized carbons (Fsp3) is 0.733. The minimum atomic E-state index is 0.667. The molecule has 168 valence electrons. The van der Waals surface area contributed by atoms with Crippen LogP contribution >= 0.6 is 11.8 Å². The minimum absolute atomic E-state index is 0.667. The number of hydrogen-bond acceptors (Lipinski definition) is 1. The van der Waals surface area contributed by atoms with Crippen LogP contribution in [0.2, 0.25) is 0 Å². The van der Waals surface area contributed by atoms with Gasteiger partial charge in [0.15, 0.2) is 0 Å². The first kappa shape index (κ1) is 20.9. The van der Waals surface area contributed by atoms with Crippen LogP contribution in [0.15, 0.2) is 42.5 Å². The highest BCUT2D eigenvalue weighted by atomic mass is 32.2. The Morgan fingerprint density at radius 1 is 0.548 bits per heavy atom. The van der Waals surface area contributed by atoms with E-state index in [0.717, 1.165) is 46.7 Å². The van der Waals surface area contributed by atoms with Crippen LogP contribution in [0, 0.1) is 41.4 Å². The van der Waals surface area contributed by atoms with Crippen LogP contribution in [-0.2, 0) is 0 Å². The first-order valence-electron chi connectivity index (χ1n) is 13.7. The summed E-state index contributed by atoms with van der Waals surface area (Å²) in [5.41, 5.74) is 1.54. The number of rotatable bonds is 3. The maximum atomic E-state index is 2.61. The molecule has 0 nitrogen and oxygen atoms in total. The molecule has 1 heterocycles. The zero-order valence-corrected chi connectivity index (χ0v) is 20.2. The molecule has 0 bridgehead atoms. The lowest BCUT2D eigenvalue weighted by molar-refractivity contribution is 0.0846. The van der Waals surface area contributed by atoms with E-state index < -0.39 is 0 Å². The van der Waals surface area contributed by atoms with Gasteiger partial charge < -0.3 is 0 Å². The van der Waals surface area contributed by atoms with Crippen molar-refractivity contribution in [2.24, 2.45) is 41.4 Å². The SMILES string of the molecule is C1=CC2CCC(C3CCC(C4CCC5SCCC5C4)CC3)CC2CC1c1ccccc1. The molecule has 0 radical (unpaired) electrons. The highest BCUT2D eigenvalue weighted by Gasteiger charge is 2.41. The Kier molecular flexibility index (Phi) is 6.25. The first-order chi connectivity index (χ1) is 15.3. The zero-order chi connectivity index (χ0) is 20.6. The van der Waals surface area contributed by atoms with E-state index in [4.69, 9.17) is 0 Å². The third kappa shape index (κ3) is 4.42. The molecular formula is C30H42S. The highest BCUT2D eigenvalue weighted by Crippen LogP contribution is 2.52. The molecule has 4 fully saturated rings. The van der Waals surface area contributed by atoms with Crippen LogP contribution in [0.5, 0.6) is 0 Å². The molecule has 5 aliphatic rings. The van der Waals surface area contributed by atoms with Gasteiger partial charge in [-0.1, -0.05) is 42.5 Å². The van der Waals surface area contributed by atoms with Crippen molar-refractivity contribution < 1.29 is 0 Å². The van der Waals surface area contributed by atoms with Gasteiger partial charge in [-0.3, -0.25) is 0 Å². The van der Waals surface area contributed by atoms with Gasteiger partial charge in [-0.2, -0.15) is 11.8 Å². The van der Waals surface area contributed by atoms with Gasteiger partial charge in [0.1, 0.15) is 0 Å². The van der Waals surface area contributed by atoms with Crippen molar-refractivity contribution in [3.05, 3.63) is 48.0 Å². The van der Waals surface area contributed by atoms with Crippen molar-refractivity contribution in [3.8, 4) is 0 Å². The number of fused-ring (bicyclic) bond motifs is 2. The van der Waals surface area contributed by atoms with E-state index in [9.17, 15) is 0 Å². The fourth-order valence-corrected chi connectivity index (χ4v) is 10.2. The summed E-state index contributed by atoms with van der Waals surface area (Å²) in [6, 6.07) is 11.3. The summed E-state index contributed by atoms with van der Waals surface area (Å²) >= 11 is 2.30. The van der Waals surface area contributed by atoms with Crippen molar-refractivity contribution in [2.75, 3.05) is 5.75 Å². The van der Waals surface area contributed by atoms with Gasteiger partial charge in [-0.05, 0) is 130 Å². The smallest absolute Gasteiger partial charge is 0.00758 e. The summed E-state index contributed by atoms with van der Waals surface area (Å²) in [5.74, 6) is 9.30. The molecule has 0 amide bonds. The molecule has 7 atom stereocenters.